The van der Waals surface area contributed by atoms with Gasteiger partial charge in [0.25, 0.3) is 11.8 Å². The van der Waals surface area contributed by atoms with Gasteiger partial charge in [-0.25, -0.2) is 8.78 Å². The third kappa shape index (κ3) is 2.78. The van der Waals surface area contributed by atoms with E-state index in [1.165, 1.54) is 0 Å². The van der Waals surface area contributed by atoms with E-state index >= 15 is 0 Å². The Kier molecular flexibility index (Phi) is 3.67. The monoisotopic (exact) mass is 296 g/mol. The number of hydrogen-bond acceptors (Lipinski definition) is 3. The summed E-state index contributed by atoms with van der Waals surface area (Å²) >= 11 is 0. The van der Waals surface area contributed by atoms with Gasteiger partial charge >= 0.3 is 0 Å². The van der Waals surface area contributed by atoms with Gasteiger partial charge in [0, 0.05) is 37.2 Å². The zero-order chi connectivity index (χ0) is 15.0. The Hall–Kier alpha value is -1.53. The van der Waals surface area contributed by atoms with Gasteiger partial charge in [0.15, 0.2) is 0 Å². The van der Waals surface area contributed by atoms with Crippen molar-refractivity contribution in [1.29, 1.82) is 0 Å². The molecule has 0 bridgehead atoms. The molecule has 0 aromatic heterocycles. The van der Waals surface area contributed by atoms with Crippen LogP contribution in [0.4, 0.5) is 8.78 Å². The lowest BCUT2D eigenvalue weighted by Gasteiger charge is -2.45. The average molecular weight is 296 g/mol. The molecule has 114 valence electrons. The van der Waals surface area contributed by atoms with Crippen molar-refractivity contribution in [3.8, 4) is 0 Å². The standard InChI is InChI=1S/C15H18F2N2O2/c16-15(17)6-12(9-20)19(10-15)13-7-18(8-13)14(21)11-4-2-1-3-5-11/h1-5,12-13,20H,6-10H2/t12-/m0/s1. The summed E-state index contributed by atoms with van der Waals surface area (Å²) in [6.07, 6.45) is -0.299. The molecule has 1 aromatic carbocycles. The summed E-state index contributed by atoms with van der Waals surface area (Å²) in [6.45, 7) is 0.301. The SMILES string of the molecule is O=C(c1ccccc1)N1CC(N2CC(F)(F)C[C@H]2CO)C1. The first-order valence-corrected chi connectivity index (χ1v) is 7.09. The maximum absolute atomic E-state index is 13.4. The molecule has 4 nitrogen and oxygen atoms in total. The van der Waals surface area contributed by atoms with Gasteiger partial charge in [-0.2, -0.15) is 0 Å². The molecule has 2 heterocycles. The number of amides is 1. The largest absolute Gasteiger partial charge is 0.395 e. The molecule has 0 saturated carbocycles. The summed E-state index contributed by atoms with van der Waals surface area (Å²) in [6, 6.07) is 8.35. The number of hydrogen-bond donors (Lipinski definition) is 1. The van der Waals surface area contributed by atoms with Gasteiger partial charge in [-0.1, -0.05) is 18.2 Å². The van der Waals surface area contributed by atoms with Gasteiger partial charge in [-0.3, -0.25) is 9.69 Å². The van der Waals surface area contributed by atoms with E-state index < -0.39 is 12.0 Å². The molecule has 6 heteroatoms. The van der Waals surface area contributed by atoms with Crippen molar-refractivity contribution in [1.82, 2.24) is 9.80 Å². The minimum absolute atomic E-state index is 0.0710. The van der Waals surface area contributed by atoms with Crippen molar-refractivity contribution < 1.29 is 18.7 Å². The van der Waals surface area contributed by atoms with E-state index in [9.17, 15) is 18.7 Å². The molecular weight excluding hydrogens is 278 g/mol. The van der Waals surface area contributed by atoms with Crippen LogP contribution >= 0.6 is 0 Å². The van der Waals surface area contributed by atoms with Gasteiger partial charge < -0.3 is 10.0 Å². The van der Waals surface area contributed by atoms with Crippen molar-refractivity contribution >= 4 is 5.91 Å². The molecule has 2 aliphatic rings. The third-order valence-electron chi connectivity index (χ3n) is 4.27. The fourth-order valence-electron chi connectivity index (χ4n) is 3.11. The Morgan fingerprint density at radius 1 is 1.29 bits per heavy atom. The van der Waals surface area contributed by atoms with Gasteiger partial charge in [0.1, 0.15) is 0 Å². The molecule has 1 amide bonds. The number of rotatable bonds is 3. The predicted molar refractivity (Wildman–Crippen MR) is 73.3 cm³/mol. The van der Waals surface area contributed by atoms with Crippen LogP contribution in [0.3, 0.4) is 0 Å². The van der Waals surface area contributed by atoms with Gasteiger partial charge in [0.05, 0.1) is 13.2 Å². The minimum Gasteiger partial charge on any atom is -0.395 e. The summed E-state index contributed by atoms with van der Waals surface area (Å²) in [5.74, 6) is -2.81. The number of alkyl halides is 2. The van der Waals surface area contributed by atoms with Crippen LogP contribution in [0.2, 0.25) is 0 Å². The summed E-state index contributed by atoms with van der Waals surface area (Å²) in [5.41, 5.74) is 0.612. The number of carbonyl (C=O) groups is 1. The molecule has 1 N–H and O–H groups in total. The van der Waals surface area contributed by atoms with E-state index in [1.807, 2.05) is 6.07 Å². The van der Waals surface area contributed by atoms with Crippen LogP contribution in [0.15, 0.2) is 30.3 Å². The van der Waals surface area contributed by atoms with Gasteiger partial charge in [-0.15, -0.1) is 0 Å². The van der Waals surface area contributed by atoms with Crippen LogP contribution in [0.25, 0.3) is 0 Å². The van der Waals surface area contributed by atoms with Crippen LogP contribution in [0.5, 0.6) is 0 Å². The lowest BCUT2D eigenvalue weighted by Crippen LogP contribution is -2.62. The lowest BCUT2D eigenvalue weighted by atomic mass is 10.0. The first-order valence-electron chi connectivity index (χ1n) is 7.09. The fraction of sp³-hybridized carbons (Fsp3) is 0.533. The average Bonchev–Trinajstić information content (AvgIpc) is 2.73. The maximum Gasteiger partial charge on any atom is 0.262 e. The van der Waals surface area contributed by atoms with E-state index in [4.69, 9.17) is 0 Å². The quantitative estimate of drug-likeness (QED) is 0.912. The number of likely N-dealkylation sites (tertiary alicyclic amines) is 2. The topological polar surface area (TPSA) is 43.8 Å². The fourth-order valence-corrected chi connectivity index (χ4v) is 3.11. The van der Waals surface area contributed by atoms with E-state index in [1.54, 1.807) is 34.1 Å². The smallest absolute Gasteiger partial charge is 0.262 e. The van der Waals surface area contributed by atoms with E-state index in [0.717, 1.165) is 0 Å². The van der Waals surface area contributed by atoms with Crippen LogP contribution in [0, 0.1) is 0 Å². The molecular formula is C15H18F2N2O2. The normalized spacial score (nSPS) is 25.9. The second kappa shape index (κ2) is 5.35. The van der Waals surface area contributed by atoms with Crippen molar-refractivity contribution in [2.45, 2.75) is 24.4 Å². The Bertz CT molecular complexity index is 518. The minimum atomic E-state index is -2.74. The Labute approximate surface area is 122 Å². The Morgan fingerprint density at radius 3 is 2.57 bits per heavy atom. The van der Waals surface area contributed by atoms with E-state index in [2.05, 4.69) is 0 Å². The highest BCUT2D eigenvalue weighted by molar-refractivity contribution is 5.94. The Balaban J connectivity index is 1.60. The molecule has 2 saturated heterocycles. The number of halogens is 2. The first-order chi connectivity index (χ1) is 10.00. The molecule has 2 aliphatic heterocycles. The first kappa shape index (κ1) is 14.4. The van der Waals surface area contributed by atoms with Crippen LogP contribution < -0.4 is 0 Å². The number of benzene rings is 1. The summed E-state index contributed by atoms with van der Waals surface area (Å²) < 4.78 is 26.9. The summed E-state index contributed by atoms with van der Waals surface area (Å²) in [4.78, 5) is 15.5. The second-order valence-electron chi connectivity index (χ2n) is 5.80. The van der Waals surface area contributed by atoms with Crippen LogP contribution in [0.1, 0.15) is 16.8 Å². The molecule has 1 atom stereocenters. The highest BCUT2D eigenvalue weighted by atomic mass is 19.3. The Morgan fingerprint density at radius 2 is 1.95 bits per heavy atom. The number of nitrogens with zero attached hydrogens (tertiary/aromatic N) is 2. The molecule has 2 fully saturated rings. The van der Waals surface area contributed by atoms with Gasteiger partial charge in [0.2, 0.25) is 0 Å². The van der Waals surface area contributed by atoms with Crippen molar-refractivity contribution in [3.63, 3.8) is 0 Å². The van der Waals surface area contributed by atoms with E-state index in [0.29, 0.717) is 18.7 Å². The van der Waals surface area contributed by atoms with Crippen LogP contribution in [-0.4, -0.2) is 65.1 Å². The predicted octanol–water partition coefficient (Wildman–Crippen LogP) is 1.21. The summed E-state index contributed by atoms with van der Waals surface area (Å²) in [5, 5.41) is 9.23. The lowest BCUT2D eigenvalue weighted by molar-refractivity contribution is -0.0125. The molecule has 0 unspecified atom stereocenters. The van der Waals surface area contributed by atoms with Crippen molar-refractivity contribution in [2.24, 2.45) is 0 Å². The number of aliphatic hydroxyl groups is 1. The molecule has 3 rings (SSSR count). The van der Waals surface area contributed by atoms with Crippen LogP contribution in [-0.2, 0) is 0 Å². The highest BCUT2D eigenvalue weighted by Gasteiger charge is 2.49. The number of aliphatic hydroxyl groups excluding tert-OH is 1. The zero-order valence-corrected chi connectivity index (χ0v) is 11.6. The van der Waals surface area contributed by atoms with Crippen molar-refractivity contribution in [3.05, 3.63) is 35.9 Å². The van der Waals surface area contributed by atoms with Crippen molar-refractivity contribution in [2.75, 3.05) is 26.2 Å². The molecule has 0 radical (unpaired) electrons. The molecule has 21 heavy (non-hydrogen) atoms. The van der Waals surface area contributed by atoms with E-state index in [-0.39, 0.29) is 31.5 Å². The second-order valence-corrected chi connectivity index (χ2v) is 5.80. The molecule has 0 spiro atoms. The zero-order valence-electron chi connectivity index (χ0n) is 11.6. The number of carbonyl (C=O) groups excluding carboxylic acids is 1. The summed E-state index contributed by atoms with van der Waals surface area (Å²) in [7, 11) is 0. The molecule has 1 aromatic rings. The van der Waals surface area contributed by atoms with Gasteiger partial charge in [-0.05, 0) is 12.1 Å². The maximum atomic E-state index is 13.4. The highest BCUT2D eigenvalue weighted by Crippen LogP contribution is 2.35. The third-order valence-corrected chi connectivity index (χ3v) is 4.27. The molecule has 0 aliphatic carbocycles.